The molecule has 2 saturated heterocycles. The molecular formula is C23H25FN2O3. The second-order valence-electron chi connectivity index (χ2n) is 8.01. The quantitative estimate of drug-likeness (QED) is 0.799. The molecule has 5 nitrogen and oxygen atoms in total. The Morgan fingerprint density at radius 3 is 2.59 bits per heavy atom. The number of carbonyl (C=O) groups is 2. The van der Waals surface area contributed by atoms with Gasteiger partial charge in [-0.05, 0) is 36.8 Å². The average molecular weight is 396 g/mol. The van der Waals surface area contributed by atoms with Crippen molar-refractivity contribution in [1.29, 1.82) is 0 Å². The van der Waals surface area contributed by atoms with E-state index in [-0.39, 0.29) is 35.5 Å². The molecule has 3 atom stereocenters. The molecule has 0 aliphatic carbocycles. The molecule has 2 heterocycles. The first-order valence-corrected chi connectivity index (χ1v) is 9.85. The van der Waals surface area contributed by atoms with Crippen molar-refractivity contribution in [2.24, 2.45) is 11.8 Å². The van der Waals surface area contributed by atoms with Crippen molar-refractivity contribution >= 4 is 11.8 Å². The summed E-state index contributed by atoms with van der Waals surface area (Å²) in [6.07, 6.45) is 0. The molecule has 0 bridgehead atoms. The van der Waals surface area contributed by atoms with E-state index in [0.717, 1.165) is 11.1 Å². The van der Waals surface area contributed by atoms with Gasteiger partial charge in [-0.25, -0.2) is 4.39 Å². The van der Waals surface area contributed by atoms with Crippen LogP contribution in [0.15, 0.2) is 42.5 Å². The molecule has 0 unspecified atom stereocenters. The molecule has 2 aromatic rings. The predicted molar refractivity (Wildman–Crippen MR) is 107 cm³/mol. The molecule has 0 saturated carbocycles. The lowest BCUT2D eigenvalue weighted by Gasteiger charge is -2.29. The summed E-state index contributed by atoms with van der Waals surface area (Å²) in [5, 5.41) is 0. The van der Waals surface area contributed by atoms with Crippen LogP contribution in [-0.2, 0) is 4.79 Å². The predicted octanol–water partition coefficient (Wildman–Crippen LogP) is 3.43. The number of rotatable bonds is 3. The van der Waals surface area contributed by atoms with Gasteiger partial charge in [0, 0.05) is 38.4 Å². The van der Waals surface area contributed by atoms with E-state index in [1.165, 1.54) is 12.1 Å². The molecule has 6 heteroatoms. The molecule has 152 valence electrons. The third-order valence-electron chi connectivity index (χ3n) is 6.13. The van der Waals surface area contributed by atoms with E-state index in [2.05, 4.69) is 0 Å². The van der Waals surface area contributed by atoms with E-state index in [0.29, 0.717) is 30.9 Å². The summed E-state index contributed by atoms with van der Waals surface area (Å²) in [6, 6.07) is 11.8. The highest BCUT2D eigenvalue weighted by Crippen LogP contribution is 2.45. The van der Waals surface area contributed by atoms with Crippen molar-refractivity contribution < 1.29 is 18.7 Å². The molecule has 0 aromatic heterocycles. The van der Waals surface area contributed by atoms with Crippen LogP contribution in [0.25, 0.3) is 0 Å². The first kappa shape index (κ1) is 19.4. The highest BCUT2D eigenvalue weighted by molar-refractivity contribution is 5.97. The number of methoxy groups -OCH3 is 1. The van der Waals surface area contributed by atoms with Gasteiger partial charge in [0.25, 0.3) is 5.91 Å². The van der Waals surface area contributed by atoms with E-state index in [1.807, 2.05) is 41.0 Å². The van der Waals surface area contributed by atoms with Crippen molar-refractivity contribution in [1.82, 2.24) is 9.80 Å². The van der Waals surface area contributed by atoms with Gasteiger partial charge in [0.15, 0.2) is 0 Å². The lowest BCUT2D eigenvalue weighted by molar-refractivity contribution is -0.130. The van der Waals surface area contributed by atoms with Gasteiger partial charge < -0.3 is 14.5 Å². The molecule has 0 radical (unpaired) electrons. The number of amides is 2. The first-order chi connectivity index (χ1) is 13.9. The average Bonchev–Trinajstić information content (AvgIpc) is 3.25. The molecule has 2 fully saturated rings. The minimum Gasteiger partial charge on any atom is -0.496 e. The fraction of sp³-hybridized carbons (Fsp3) is 0.391. The minimum atomic E-state index is -0.315. The Kier molecular flexibility index (Phi) is 5.03. The topological polar surface area (TPSA) is 49.9 Å². The van der Waals surface area contributed by atoms with Gasteiger partial charge in [0.2, 0.25) is 5.91 Å². The van der Waals surface area contributed by atoms with Gasteiger partial charge in [0.05, 0.1) is 18.7 Å². The first-order valence-electron chi connectivity index (χ1n) is 9.85. The Morgan fingerprint density at radius 1 is 1.10 bits per heavy atom. The molecule has 0 spiro atoms. The molecule has 2 aliphatic heterocycles. The molecule has 29 heavy (non-hydrogen) atoms. The number of benzene rings is 2. The molecule has 2 amide bonds. The molecule has 4 rings (SSSR count). The van der Waals surface area contributed by atoms with Crippen LogP contribution in [-0.4, -0.2) is 48.4 Å². The monoisotopic (exact) mass is 396 g/mol. The molecule has 2 aliphatic rings. The van der Waals surface area contributed by atoms with Gasteiger partial charge in [-0.2, -0.15) is 0 Å². The Labute approximate surface area is 170 Å². The molecule has 0 N–H and O–H groups in total. The smallest absolute Gasteiger partial charge is 0.257 e. The van der Waals surface area contributed by atoms with Gasteiger partial charge in [-0.15, -0.1) is 0 Å². The van der Waals surface area contributed by atoms with Gasteiger partial charge in [0.1, 0.15) is 11.6 Å². The zero-order valence-electron chi connectivity index (χ0n) is 16.9. The van der Waals surface area contributed by atoms with Crippen molar-refractivity contribution in [3.05, 3.63) is 65.0 Å². The number of carbonyl (C=O) groups excluding carboxylic acids is 2. The number of aryl methyl sites for hydroxylation is 1. The van der Waals surface area contributed by atoms with E-state index < -0.39 is 0 Å². The summed E-state index contributed by atoms with van der Waals surface area (Å²) in [6.45, 7) is 5.19. The van der Waals surface area contributed by atoms with Crippen LogP contribution in [0.4, 0.5) is 4.39 Å². The second-order valence-corrected chi connectivity index (χ2v) is 8.01. The molecular weight excluding hydrogens is 371 g/mol. The van der Waals surface area contributed by atoms with Gasteiger partial charge in [-0.1, -0.05) is 23.8 Å². The van der Waals surface area contributed by atoms with Crippen molar-refractivity contribution in [3.8, 4) is 5.75 Å². The summed E-state index contributed by atoms with van der Waals surface area (Å²) < 4.78 is 19.2. The third kappa shape index (κ3) is 3.48. The van der Waals surface area contributed by atoms with Crippen molar-refractivity contribution in [3.63, 3.8) is 0 Å². The van der Waals surface area contributed by atoms with Crippen LogP contribution < -0.4 is 4.74 Å². The lowest BCUT2D eigenvalue weighted by atomic mass is 9.89. The van der Waals surface area contributed by atoms with Gasteiger partial charge >= 0.3 is 0 Å². The van der Waals surface area contributed by atoms with Crippen LogP contribution >= 0.6 is 0 Å². The van der Waals surface area contributed by atoms with E-state index in [4.69, 9.17) is 4.74 Å². The number of likely N-dealkylation sites (tertiary alicyclic amines) is 2. The van der Waals surface area contributed by atoms with Crippen LogP contribution in [0.3, 0.4) is 0 Å². The van der Waals surface area contributed by atoms with Crippen LogP contribution in [0.2, 0.25) is 0 Å². The van der Waals surface area contributed by atoms with Crippen LogP contribution in [0.1, 0.15) is 34.5 Å². The summed E-state index contributed by atoms with van der Waals surface area (Å²) in [7, 11) is 1.56. The zero-order valence-corrected chi connectivity index (χ0v) is 16.9. The highest BCUT2D eigenvalue weighted by atomic mass is 19.1. The number of hydrogen-bond acceptors (Lipinski definition) is 3. The number of halogens is 1. The Hall–Kier alpha value is -2.89. The molecule has 2 aromatic carbocycles. The third-order valence-corrected chi connectivity index (χ3v) is 6.13. The number of hydrogen-bond donors (Lipinski definition) is 0. The van der Waals surface area contributed by atoms with Gasteiger partial charge in [-0.3, -0.25) is 9.59 Å². The standard InChI is InChI=1S/C23H25FN2O3/c1-14-7-8-21(29-3)19(9-14)23(28)25-11-17-12-26(15(2)27)22(20(17)13-25)16-5-4-6-18(24)10-16/h4-10,17,20,22H,11-13H2,1-3H3/t17-,20-,22+/m1/s1. The normalized spacial score (nSPS) is 23.2. The van der Waals surface area contributed by atoms with Crippen LogP contribution in [0.5, 0.6) is 5.75 Å². The van der Waals surface area contributed by atoms with E-state index in [1.54, 1.807) is 20.1 Å². The summed E-state index contributed by atoms with van der Waals surface area (Å²) in [5.41, 5.74) is 2.34. The number of ether oxygens (including phenoxy) is 1. The summed E-state index contributed by atoms with van der Waals surface area (Å²) >= 11 is 0. The number of fused-ring (bicyclic) bond motifs is 1. The maximum absolute atomic E-state index is 13.9. The van der Waals surface area contributed by atoms with E-state index >= 15 is 0 Å². The van der Waals surface area contributed by atoms with Crippen molar-refractivity contribution in [2.75, 3.05) is 26.7 Å². The zero-order chi connectivity index (χ0) is 20.7. The Bertz CT molecular complexity index is 961. The van der Waals surface area contributed by atoms with Crippen LogP contribution in [0, 0.1) is 24.6 Å². The lowest BCUT2D eigenvalue weighted by Crippen LogP contribution is -2.36. The summed E-state index contributed by atoms with van der Waals surface area (Å²) in [4.78, 5) is 29.1. The van der Waals surface area contributed by atoms with Crippen molar-refractivity contribution in [2.45, 2.75) is 19.9 Å². The Balaban J connectivity index is 1.62. The Morgan fingerprint density at radius 2 is 1.90 bits per heavy atom. The largest absolute Gasteiger partial charge is 0.496 e. The maximum atomic E-state index is 13.9. The minimum absolute atomic E-state index is 0.0214. The number of nitrogens with zero attached hydrogens (tertiary/aromatic N) is 2. The highest BCUT2D eigenvalue weighted by Gasteiger charge is 2.49. The fourth-order valence-electron chi connectivity index (χ4n) is 4.81. The van der Waals surface area contributed by atoms with E-state index in [9.17, 15) is 14.0 Å². The second kappa shape index (κ2) is 7.50. The maximum Gasteiger partial charge on any atom is 0.257 e. The fourth-order valence-corrected chi connectivity index (χ4v) is 4.81. The summed E-state index contributed by atoms with van der Waals surface area (Å²) in [5.74, 6) is 0.418. The SMILES string of the molecule is COc1ccc(C)cc1C(=O)N1C[C@@H]2CN(C(C)=O)[C@@H](c3cccc(F)c3)[C@@H]2C1.